The van der Waals surface area contributed by atoms with Gasteiger partial charge in [-0.2, -0.15) is 0 Å². The van der Waals surface area contributed by atoms with Crippen LogP contribution in [-0.2, 0) is 27.9 Å². The second kappa shape index (κ2) is 46.5. The quantitative estimate of drug-likeness (QED) is 0.0214. The Morgan fingerprint density at radius 1 is 0.500 bits per heavy atom. The van der Waals surface area contributed by atoms with Crippen LogP contribution in [0.3, 0.4) is 0 Å². The number of nitrogens with zero attached hydrogens (tertiary/aromatic N) is 1. The van der Waals surface area contributed by atoms with E-state index in [0.717, 1.165) is 38.5 Å². The molecule has 0 spiro atoms. The highest BCUT2D eigenvalue weighted by molar-refractivity contribution is 7.47. The van der Waals surface area contributed by atoms with E-state index in [4.69, 9.17) is 18.5 Å². The Bertz CT molecular complexity index is 1050. The molecule has 0 saturated carbocycles. The molecule has 0 heterocycles. The topological polar surface area (TPSA) is 91.3 Å². The van der Waals surface area contributed by atoms with Crippen LogP contribution >= 0.6 is 7.82 Å². The molecule has 0 rings (SSSR count). The summed E-state index contributed by atoms with van der Waals surface area (Å²) < 4.78 is 35.2. The van der Waals surface area contributed by atoms with Crippen molar-refractivity contribution in [3.63, 3.8) is 0 Å². The molecule has 0 aliphatic heterocycles. The molecule has 0 fully saturated rings. The zero-order valence-corrected chi connectivity index (χ0v) is 42.8. The monoisotopic (exact) mass is 899 g/mol. The zero-order chi connectivity index (χ0) is 45.5. The van der Waals surface area contributed by atoms with Gasteiger partial charge < -0.3 is 18.9 Å². The molecule has 0 aliphatic rings. The number of unbranched alkanes of at least 4 members (excludes halogenated alkanes) is 32. The average molecular weight is 899 g/mol. The van der Waals surface area contributed by atoms with E-state index in [2.05, 4.69) is 38.2 Å². The van der Waals surface area contributed by atoms with Crippen LogP contribution in [-0.4, -0.2) is 75.6 Å². The van der Waals surface area contributed by atoms with Crippen LogP contribution in [0.2, 0.25) is 0 Å². The van der Waals surface area contributed by atoms with E-state index < -0.39 is 13.9 Å². The molecule has 8 nitrogen and oxygen atoms in total. The maximum Gasteiger partial charge on any atom is 0.472 e. The van der Waals surface area contributed by atoms with Gasteiger partial charge >= 0.3 is 13.8 Å². The predicted molar refractivity (Wildman–Crippen MR) is 266 cm³/mol. The van der Waals surface area contributed by atoms with Crippen molar-refractivity contribution in [2.75, 3.05) is 54.1 Å². The lowest BCUT2D eigenvalue weighted by Crippen LogP contribution is -2.37. The Hall–Kier alpha value is -1.02. The Morgan fingerprint density at radius 3 is 1.31 bits per heavy atom. The van der Waals surface area contributed by atoms with Gasteiger partial charge in [-0.1, -0.05) is 224 Å². The fourth-order valence-electron chi connectivity index (χ4n) is 7.64. The summed E-state index contributed by atoms with van der Waals surface area (Å²) in [5, 5.41) is 0. The van der Waals surface area contributed by atoms with Gasteiger partial charge in [-0.15, -0.1) is 0 Å². The second-order valence-corrected chi connectivity index (χ2v) is 20.7. The summed E-state index contributed by atoms with van der Waals surface area (Å²) in [5.41, 5.74) is 0. The molecule has 0 aliphatic carbocycles. The minimum Gasteiger partial charge on any atom is -0.457 e. The van der Waals surface area contributed by atoms with E-state index in [1.165, 1.54) is 193 Å². The van der Waals surface area contributed by atoms with Gasteiger partial charge in [-0.3, -0.25) is 13.8 Å². The van der Waals surface area contributed by atoms with Crippen LogP contribution < -0.4 is 0 Å². The highest BCUT2D eigenvalue weighted by Gasteiger charge is 2.26. The number of hydrogen-bond donors (Lipinski definition) is 1. The summed E-state index contributed by atoms with van der Waals surface area (Å²) in [5.74, 6) is -0.309. The van der Waals surface area contributed by atoms with E-state index in [9.17, 15) is 14.3 Å². The zero-order valence-electron chi connectivity index (χ0n) is 41.9. The first-order valence-corrected chi connectivity index (χ1v) is 28.1. The SMILES string of the molecule is CCCCCCC/C=C\C/C=C\CCCCCCCCCCCCCCOCC(COP(=O)(O)OCC[N+](C)(C)C)OC(=O)CCCCCCCCCCCCCCCCCC. The number of phosphoric acid groups is 1. The first-order valence-electron chi connectivity index (χ1n) is 26.6. The standard InChI is InChI=1S/C53H104NO7P/c1-6-8-10-12-14-16-18-20-22-24-25-26-27-28-29-30-31-33-35-37-39-41-43-45-48-58-50-52(51-60-62(56,57)59-49-47-54(3,4)5)61-53(55)46-44-42-40-38-36-34-32-23-21-19-17-15-13-11-9-7-2/h18,20,24-25,52H,6-17,19,21-23,26-51H2,1-5H3/p+1/b20-18-,25-24-. The lowest BCUT2D eigenvalue weighted by molar-refractivity contribution is -0.870. The molecule has 2 atom stereocenters. The minimum absolute atomic E-state index is 0.0911. The Balaban J connectivity index is 4.07. The average Bonchev–Trinajstić information content (AvgIpc) is 3.23. The molecule has 368 valence electrons. The van der Waals surface area contributed by atoms with Crippen molar-refractivity contribution in [3.8, 4) is 0 Å². The predicted octanol–water partition coefficient (Wildman–Crippen LogP) is 16.3. The third kappa shape index (κ3) is 50.0. The molecule has 9 heteroatoms. The van der Waals surface area contributed by atoms with Crippen LogP contribution in [0.1, 0.15) is 251 Å². The first-order chi connectivity index (χ1) is 30.1. The first kappa shape index (κ1) is 61.0. The molecule has 0 aromatic rings. The number of phosphoric ester groups is 1. The van der Waals surface area contributed by atoms with Crippen molar-refractivity contribution in [2.45, 2.75) is 258 Å². The van der Waals surface area contributed by atoms with Crippen LogP contribution in [0.25, 0.3) is 0 Å². The number of allylic oxidation sites excluding steroid dienone is 4. The van der Waals surface area contributed by atoms with Gasteiger partial charge in [0, 0.05) is 13.0 Å². The third-order valence-electron chi connectivity index (χ3n) is 11.8. The number of ether oxygens (including phenoxy) is 2. The van der Waals surface area contributed by atoms with Crippen molar-refractivity contribution < 1.29 is 37.3 Å². The van der Waals surface area contributed by atoms with Gasteiger partial charge in [0.2, 0.25) is 0 Å². The van der Waals surface area contributed by atoms with Gasteiger partial charge in [0.1, 0.15) is 19.3 Å². The van der Waals surface area contributed by atoms with Crippen LogP contribution in [0.4, 0.5) is 0 Å². The van der Waals surface area contributed by atoms with Crippen LogP contribution in [0, 0.1) is 0 Å². The lowest BCUT2D eigenvalue weighted by Gasteiger charge is -2.24. The van der Waals surface area contributed by atoms with Crippen molar-refractivity contribution in [1.29, 1.82) is 0 Å². The van der Waals surface area contributed by atoms with Gasteiger partial charge in [-0.25, -0.2) is 4.57 Å². The van der Waals surface area contributed by atoms with Gasteiger partial charge in [0.15, 0.2) is 0 Å². The summed E-state index contributed by atoms with van der Waals surface area (Å²) in [6, 6.07) is 0. The number of carbonyl (C=O) groups is 1. The lowest BCUT2D eigenvalue weighted by atomic mass is 10.0. The van der Waals surface area contributed by atoms with E-state index >= 15 is 0 Å². The van der Waals surface area contributed by atoms with Crippen LogP contribution in [0.15, 0.2) is 24.3 Å². The molecule has 0 bridgehead atoms. The molecule has 0 aromatic heterocycles. The fourth-order valence-corrected chi connectivity index (χ4v) is 8.39. The Kier molecular flexibility index (Phi) is 45.7. The Labute approximate surface area is 385 Å². The fraction of sp³-hybridized carbons (Fsp3) is 0.906. The maximum absolute atomic E-state index is 12.8. The van der Waals surface area contributed by atoms with Crippen molar-refractivity contribution >= 4 is 13.8 Å². The van der Waals surface area contributed by atoms with Gasteiger partial charge in [-0.05, 0) is 44.9 Å². The number of carbonyl (C=O) groups excluding carboxylic acids is 1. The van der Waals surface area contributed by atoms with Gasteiger partial charge in [0.05, 0.1) is 34.4 Å². The normalized spacial score (nSPS) is 13.7. The smallest absolute Gasteiger partial charge is 0.457 e. The van der Waals surface area contributed by atoms with Crippen molar-refractivity contribution in [2.24, 2.45) is 0 Å². The van der Waals surface area contributed by atoms with E-state index in [-0.39, 0.29) is 25.8 Å². The molecule has 62 heavy (non-hydrogen) atoms. The highest BCUT2D eigenvalue weighted by atomic mass is 31.2. The van der Waals surface area contributed by atoms with E-state index in [1.54, 1.807) is 0 Å². The molecule has 0 radical (unpaired) electrons. The minimum atomic E-state index is -4.28. The number of esters is 1. The number of quaternary nitrogens is 1. The molecular formula is C53H105NO7P+. The Morgan fingerprint density at radius 2 is 0.887 bits per heavy atom. The van der Waals surface area contributed by atoms with Crippen molar-refractivity contribution in [3.05, 3.63) is 24.3 Å². The summed E-state index contributed by atoms with van der Waals surface area (Å²) in [6.45, 7) is 5.66. The summed E-state index contributed by atoms with van der Waals surface area (Å²) in [4.78, 5) is 23.0. The number of likely N-dealkylation sites (N-methyl/N-ethyl adjacent to an activating group) is 1. The summed E-state index contributed by atoms with van der Waals surface area (Å²) in [7, 11) is 1.68. The molecule has 2 unspecified atom stereocenters. The van der Waals surface area contributed by atoms with Crippen molar-refractivity contribution in [1.82, 2.24) is 0 Å². The highest BCUT2D eigenvalue weighted by Crippen LogP contribution is 2.43. The molecule has 1 N–H and O–H groups in total. The third-order valence-corrected chi connectivity index (χ3v) is 12.7. The van der Waals surface area contributed by atoms with E-state index in [0.29, 0.717) is 24.1 Å². The van der Waals surface area contributed by atoms with Gasteiger partial charge in [0.25, 0.3) is 0 Å². The number of rotatable bonds is 50. The maximum atomic E-state index is 12.8. The van der Waals surface area contributed by atoms with Crippen LogP contribution in [0.5, 0.6) is 0 Å². The molecule has 0 aromatic carbocycles. The molecular weight excluding hydrogens is 794 g/mol. The summed E-state index contributed by atoms with van der Waals surface area (Å²) in [6.07, 6.45) is 55.1. The summed E-state index contributed by atoms with van der Waals surface area (Å²) >= 11 is 0. The number of hydrogen-bond acceptors (Lipinski definition) is 6. The molecule has 0 amide bonds. The second-order valence-electron chi connectivity index (χ2n) is 19.3. The largest absolute Gasteiger partial charge is 0.472 e. The molecule has 0 saturated heterocycles. The van der Waals surface area contributed by atoms with E-state index in [1.807, 2.05) is 21.1 Å².